The fraction of sp³-hybridized carbons (Fsp3) is 0.120. The molecule has 1 unspecified atom stereocenters. The first-order valence-corrected chi connectivity index (χ1v) is 9.44. The molecule has 152 valence electrons. The maximum absolute atomic E-state index is 13.6. The lowest BCUT2D eigenvalue weighted by molar-refractivity contribution is 0.0826. The summed E-state index contributed by atoms with van der Waals surface area (Å²) in [6, 6.07) is 21.7. The van der Waals surface area contributed by atoms with Crippen molar-refractivity contribution in [3.63, 3.8) is 0 Å². The Bertz CT molecular complexity index is 1170. The lowest BCUT2D eigenvalue weighted by Crippen LogP contribution is -2.35. The summed E-state index contributed by atoms with van der Waals surface area (Å²) in [6.45, 7) is 1.72. The number of hydrogen-bond acceptors (Lipinski definition) is 6. The quantitative estimate of drug-likeness (QED) is 0.390. The number of para-hydroxylation sites is 1. The molecule has 6 heteroatoms. The summed E-state index contributed by atoms with van der Waals surface area (Å²) in [5, 5.41) is 17.5. The molecule has 0 saturated carbocycles. The molecule has 3 aromatic carbocycles. The number of ketones is 2. The van der Waals surface area contributed by atoms with E-state index in [4.69, 9.17) is 20.0 Å². The van der Waals surface area contributed by atoms with Gasteiger partial charge in [-0.25, -0.2) is 0 Å². The maximum Gasteiger partial charge on any atom is 0.292 e. The van der Waals surface area contributed by atoms with Crippen molar-refractivity contribution in [2.45, 2.75) is 18.8 Å². The average molecular weight is 410 g/mol. The molecule has 3 aromatic rings. The predicted molar refractivity (Wildman–Crippen MR) is 112 cm³/mol. The van der Waals surface area contributed by atoms with Crippen molar-refractivity contribution in [1.29, 1.82) is 10.5 Å². The number of benzene rings is 3. The fourth-order valence-electron chi connectivity index (χ4n) is 3.42. The van der Waals surface area contributed by atoms with E-state index in [1.165, 1.54) is 18.2 Å². The summed E-state index contributed by atoms with van der Waals surface area (Å²) in [4.78, 5) is 26.8. The number of rotatable bonds is 8. The summed E-state index contributed by atoms with van der Waals surface area (Å²) in [5.74, 6) is -0.112. The standard InChI is InChI=1S/C25H18N2O4/c1-25(19-7-3-2-4-8-19,24(29)18-11-13-20(14-12-18)30-16-26)15-22(28)21-9-5-6-10-23(21)31-17-27/h2-14H,15H2,1H3. The molecular weight excluding hydrogens is 392 g/mol. The van der Waals surface area contributed by atoms with Crippen LogP contribution in [0.15, 0.2) is 78.9 Å². The Labute approximate surface area is 179 Å². The zero-order valence-electron chi connectivity index (χ0n) is 16.7. The zero-order chi connectivity index (χ0) is 22.3. The summed E-state index contributed by atoms with van der Waals surface area (Å²) in [5.41, 5.74) is 0.127. The van der Waals surface area contributed by atoms with Crippen molar-refractivity contribution in [2.75, 3.05) is 0 Å². The minimum Gasteiger partial charge on any atom is -0.388 e. The predicted octanol–water partition coefficient (Wildman–Crippen LogP) is 4.82. The van der Waals surface area contributed by atoms with Crippen LogP contribution in [-0.4, -0.2) is 11.6 Å². The van der Waals surface area contributed by atoms with E-state index < -0.39 is 5.41 Å². The molecular formula is C25H18N2O4. The highest BCUT2D eigenvalue weighted by Gasteiger charge is 2.38. The van der Waals surface area contributed by atoms with E-state index in [0.717, 1.165) is 0 Å². The molecule has 0 spiro atoms. The topological polar surface area (TPSA) is 100 Å². The van der Waals surface area contributed by atoms with Gasteiger partial charge in [0.05, 0.1) is 11.0 Å². The van der Waals surface area contributed by atoms with Crippen LogP contribution in [0.5, 0.6) is 11.5 Å². The molecule has 0 radical (unpaired) electrons. The first-order chi connectivity index (χ1) is 15.0. The first kappa shape index (κ1) is 21.3. The van der Waals surface area contributed by atoms with E-state index in [2.05, 4.69) is 0 Å². The monoisotopic (exact) mass is 410 g/mol. The van der Waals surface area contributed by atoms with E-state index in [0.29, 0.717) is 16.9 Å². The van der Waals surface area contributed by atoms with Crippen molar-refractivity contribution < 1.29 is 19.1 Å². The van der Waals surface area contributed by atoms with Gasteiger partial charge in [-0.1, -0.05) is 42.5 Å². The van der Waals surface area contributed by atoms with Crippen LogP contribution < -0.4 is 9.47 Å². The van der Waals surface area contributed by atoms with Gasteiger partial charge in [-0.15, -0.1) is 10.5 Å². The molecule has 0 amide bonds. The van der Waals surface area contributed by atoms with Gasteiger partial charge >= 0.3 is 0 Å². The Kier molecular flexibility index (Phi) is 6.45. The Morgan fingerprint density at radius 3 is 2.10 bits per heavy atom. The van der Waals surface area contributed by atoms with Gasteiger partial charge in [-0.2, -0.15) is 0 Å². The molecule has 0 aromatic heterocycles. The van der Waals surface area contributed by atoms with Crippen LogP contribution in [0, 0.1) is 23.0 Å². The van der Waals surface area contributed by atoms with Crippen LogP contribution >= 0.6 is 0 Å². The van der Waals surface area contributed by atoms with E-state index in [9.17, 15) is 9.59 Å². The first-order valence-electron chi connectivity index (χ1n) is 9.44. The largest absolute Gasteiger partial charge is 0.388 e. The van der Waals surface area contributed by atoms with Gasteiger partial charge in [0.1, 0.15) is 5.75 Å². The molecule has 0 heterocycles. The van der Waals surface area contributed by atoms with Crippen LogP contribution in [0.1, 0.15) is 39.6 Å². The van der Waals surface area contributed by atoms with Crippen LogP contribution in [0.2, 0.25) is 0 Å². The molecule has 6 nitrogen and oxygen atoms in total. The average Bonchev–Trinajstić information content (AvgIpc) is 2.80. The number of ether oxygens (including phenoxy) is 2. The number of carbonyl (C=O) groups excluding carboxylic acids is 2. The molecule has 0 aliphatic heterocycles. The summed E-state index contributed by atoms with van der Waals surface area (Å²) in [7, 11) is 0. The van der Waals surface area contributed by atoms with E-state index in [1.807, 2.05) is 18.2 Å². The Balaban J connectivity index is 2.01. The highest BCUT2D eigenvalue weighted by molar-refractivity contribution is 6.09. The molecule has 0 saturated heterocycles. The minimum absolute atomic E-state index is 0.127. The SMILES string of the molecule is CC(CC(=O)c1ccccc1OC#N)(C(=O)c1ccc(OC#N)cc1)c1ccccc1. The highest BCUT2D eigenvalue weighted by atomic mass is 16.5. The second kappa shape index (κ2) is 9.39. The Morgan fingerprint density at radius 2 is 1.45 bits per heavy atom. The molecule has 0 aliphatic carbocycles. The lowest BCUT2D eigenvalue weighted by Gasteiger charge is -2.28. The van der Waals surface area contributed by atoms with Crippen molar-refractivity contribution in [2.24, 2.45) is 0 Å². The van der Waals surface area contributed by atoms with Crippen molar-refractivity contribution in [1.82, 2.24) is 0 Å². The Hall–Kier alpha value is -4.42. The molecule has 0 fully saturated rings. The van der Waals surface area contributed by atoms with Gasteiger partial charge in [0.2, 0.25) is 0 Å². The summed E-state index contributed by atoms with van der Waals surface area (Å²) in [6.07, 6.45) is 3.04. The third-order valence-electron chi connectivity index (χ3n) is 5.05. The molecule has 0 aliphatic rings. The zero-order valence-corrected chi connectivity index (χ0v) is 16.7. The summed E-state index contributed by atoms with van der Waals surface area (Å²) < 4.78 is 9.69. The van der Waals surface area contributed by atoms with Crippen molar-refractivity contribution in [3.8, 4) is 24.0 Å². The van der Waals surface area contributed by atoms with Gasteiger partial charge < -0.3 is 9.47 Å². The van der Waals surface area contributed by atoms with Crippen LogP contribution in [0.25, 0.3) is 0 Å². The third-order valence-corrected chi connectivity index (χ3v) is 5.05. The molecule has 0 N–H and O–H groups in total. The summed E-state index contributed by atoms with van der Waals surface area (Å²) >= 11 is 0. The smallest absolute Gasteiger partial charge is 0.292 e. The highest BCUT2D eigenvalue weighted by Crippen LogP contribution is 2.35. The number of nitrogens with zero attached hydrogens (tertiary/aromatic N) is 2. The lowest BCUT2D eigenvalue weighted by atomic mass is 9.72. The normalized spacial score (nSPS) is 12.0. The van der Waals surface area contributed by atoms with Gasteiger partial charge in [-0.3, -0.25) is 9.59 Å². The van der Waals surface area contributed by atoms with Crippen LogP contribution in [0.4, 0.5) is 0 Å². The van der Waals surface area contributed by atoms with E-state index >= 15 is 0 Å². The molecule has 31 heavy (non-hydrogen) atoms. The van der Waals surface area contributed by atoms with Gasteiger partial charge in [0, 0.05) is 12.0 Å². The number of hydrogen-bond donors (Lipinski definition) is 0. The van der Waals surface area contributed by atoms with E-state index in [1.54, 1.807) is 61.9 Å². The van der Waals surface area contributed by atoms with Crippen LogP contribution in [0.3, 0.4) is 0 Å². The maximum atomic E-state index is 13.6. The fourth-order valence-corrected chi connectivity index (χ4v) is 3.42. The van der Waals surface area contributed by atoms with Gasteiger partial charge in [0.25, 0.3) is 12.5 Å². The number of carbonyl (C=O) groups is 2. The number of Topliss-reactive ketones (excluding diaryl/α,β-unsaturated/α-hetero) is 2. The Morgan fingerprint density at radius 1 is 0.839 bits per heavy atom. The molecule has 0 bridgehead atoms. The molecule has 1 atom stereocenters. The van der Waals surface area contributed by atoms with Gasteiger partial charge in [-0.05, 0) is 48.9 Å². The molecule has 3 rings (SSSR count). The minimum atomic E-state index is -1.17. The number of nitriles is 2. The van der Waals surface area contributed by atoms with Crippen LogP contribution in [-0.2, 0) is 5.41 Å². The van der Waals surface area contributed by atoms with Crippen molar-refractivity contribution in [3.05, 3.63) is 95.6 Å². The third kappa shape index (κ3) is 4.60. The van der Waals surface area contributed by atoms with E-state index in [-0.39, 0.29) is 29.3 Å². The van der Waals surface area contributed by atoms with Crippen molar-refractivity contribution >= 4 is 11.6 Å². The van der Waals surface area contributed by atoms with Gasteiger partial charge in [0.15, 0.2) is 17.3 Å². The second-order valence-electron chi connectivity index (χ2n) is 7.03. The second-order valence-corrected chi connectivity index (χ2v) is 7.03.